The van der Waals surface area contributed by atoms with E-state index in [-0.39, 0.29) is 0 Å². The normalized spacial score (nSPS) is 15.2. The first-order valence-corrected chi connectivity index (χ1v) is 6.44. The van der Waals surface area contributed by atoms with Gasteiger partial charge in [0.2, 0.25) is 0 Å². The van der Waals surface area contributed by atoms with Crippen LogP contribution in [0.1, 0.15) is 45.4 Å². The van der Waals surface area contributed by atoms with Crippen LogP contribution in [0, 0.1) is 5.92 Å². The van der Waals surface area contributed by atoms with Crippen molar-refractivity contribution < 1.29 is 4.42 Å². The first-order valence-electron chi connectivity index (χ1n) is 5.65. The van der Waals surface area contributed by atoms with Crippen molar-refractivity contribution in [3.8, 4) is 0 Å². The van der Waals surface area contributed by atoms with Crippen LogP contribution in [-0.4, -0.2) is 6.54 Å². The molecule has 2 nitrogen and oxygen atoms in total. The summed E-state index contributed by atoms with van der Waals surface area (Å²) in [4.78, 5) is 0. The zero-order valence-electron chi connectivity index (χ0n) is 9.72. The lowest BCUT2D eigenvalue weighted by molar-refractivity contribution is 0.349. The number of hydrogen-bond acceptors (Lipinski definition) is 2. The number of rotatable bonds is 6. The fourth-order valence-corrected chi connectivity index (χ4v) is 2.13. The van der Waals surface area contributed by atoms with Crippen molar-refractivity contribution in [2.45, 2.75) is 39.7 Å². The zero-order chi connectivity index (χ0) is 11.3. The lowest BCUT2D eigenvalue weighted by Gasteiger charge is -2.19. The monoisotopic (exact) mass is 273 g/mol. The Morgan fingerprint density at radius 3 is 2.67 bits per heavy atom. The molecule has 0 aliphatic rings. The molecule has 0 saturated carbocycles. The Morgan fingerprint density at radius 1 is 1.47 bits per heavy atom. The highest BCUT2D eigenvalue weighted by Gasteiger charge is 2.18. The maximum absolute atomic E-state index is 5.51. The molecule has 2 unspecified atom stereocenters. The number of hydrogen-bond donors (Lipinski definition) is 1. The van der Waals surface area contributed by atoms with E-state index in [1.54, 1.807) is 6.26 Å². The van der Waals surface area contributed by atoms with Crippen molar-refractivity contribution in [1.29, 1.82) is 0 Å². The predicted octanol–water partition coefficient (Wildman–Crippen LogP) is 4.13. The van der Waals surface area contributed by atoms with E-state index in [9.17, 15) is 0 Å². The lowest BCUT2D eigenvalue weighted by Crippen LogP contribution is -2.22. The topological polar surface area (TPSA) is 25.2 Å². The van der Waals surface area contributed by atoms with Gasteiger partial charge in [-0.2, -0.15) is 0 Å². The van der Waals surface area contributed by atoms with Crippen LogP contribution in [0.4, 0.5) is 0 Å². The predicted molar refractivity (Wildman–Crippen MR) is 66.9 cm³/mol. The van der Waals surface area contributed by atoms with Crippen LogP contribution in [0.15, 0.2) is 21.2 Å². The Balaban J connectivity index is 2.69. The molecule has 15 heavy (non-hydrogen) atoms. The summed E-state index contributed by atoms with van der Waals surface area (Å²) in [5.41, 5.74) is 0. The van der Waals surface area contributed by atoms with Crippen LogP contribution in [0.5, 0.6) is 0 Å². The summed E-state index contributed by atoms with van der Waals surface area (Å²) in [6.45, 7) is 7.60. The van der Waals surface area contributed by atoms with Gasteiger partial charge in [-0.05, 0) is 40.9 Å². The third-order valence-electron chi connectivity index (χ3n) is 2.75. The van der Waals surface area contributed by atoms with E-state index in [4.69, 9.17) is 4.42 Å². The van der Waals surface area contributed by atoms with Crippen molar-refractivity contribution in [3.63, 3.8) is 0 Å². The molecule has 2 atom stereocenters. The highest BCUT2D eigenvalue weighted by atomic mass is 79.9. The summed E-state index contributed by atoms with van der Waals surface area (Å²) in [5.74, 6) is 1.74. The number of halogens is 1. The fourth-order valence-electron chi connectivity index (χ4n) is 1.65. The van der Waals surface area contributed by atoms with Gasteiger partial charge >= 0.3 is 0 Å². The van der Waals surface area contributed by atoms with Gasteiger partial charge in [-0.15, -0.1) is 0 Å². The van der Waals surface area contributed by atoms with Gasteiger partial charge in [-0.25, -0.2) is 0 Å². The maximum atomic E-state index is 5.51. The van der Waals surface area contributed by atoms with Gasteiger partial charge in [0.25, 0.3) is 0 Å². The Hall–Kier alpha value is -0.280. The molecule has 0 fully saturated rings. The van der Waals surface area contributed by atoms with Gasteiger partial charge in [0, 0.05) is 0 Å². The van der Waals surface area contributed by atoms with E-state index < -0.39 is 0 Å². The molecule has 1 N–H and O–H groups in total. The average molecular weight is 274 g/mol. The molecule has 0 bridgehead atoms. The zero-order valence-corrected chi connectivity index (χ0v) is 11.3. The quantitative estimate of drug-likeness (QED) is 0.843. The lowest BCUT2D eigenvalue weighted by atomic mass is 9.98. The van der Waals surface area contributed by atoms with Crippen molar-refractivity contribution in [3.05, 3.63) is 22.6 Å². The van der Waals surface area contributed by atoms with E-state index in [0.717, 1.165) is 23.2 Å². The second kappa shape index (κ2) is 6.33. The highest BCUT2D eigenvalue weighted by molar-refractivity contribution is 9.10. The van der Waals surface area contributed by atoms with Crippen LogP contribution in [0.3, 0.4) is 0 Å². The van der Waals surface area contributed by atoms with E-state index in [1.807, 2.05) is 6.07 Å². The van der Waals surface area contributed by atoms with Crippen LogP contribution in [0.25, 0.3) is 0 Å². The Bertz CT molecular complexity index is 285. The molecular weight excluding hydrogens is 254 g/mol. The summed E-state index contributed by atoms with van der Waals surface area (Å²) in [5, 5.41) is 3.47. The minimum absolute atomic E-state index is 0.328. The van der Waals surface area contributed by atoms with E-state index in [1.165, 1.54) is 6.42 Å². The SMILES string of the molecule is CCNC(CC(C)CC)c1occc1Br. The first kappa shape index (κ1) is 12.8. The molecule has 0 radical (unpaired) electrons. The third-order valence-corrected chi connectivity index (χ3v) is 3.40. The minimum atomic E-state index is 0.328. The van der Waals surface area contributed by atoms with Crippen LogP contribution >= 0.6 is 15.9 Å². The van der Waals surface area contributed by atoms with Gasteiger partial charge < -0.3 is 9.73 Å². The van der Waals surface area contributed by atoms with E-state index >= 15 is 0 Å². The molecule has 1 heterocycles. The average Bonchev–Trinajstić information content (AvgIpc) is 2.63. The molecule has 0 aliphatic heterocycles. The van der Waals surface area contributed by atoms with Crippen LogP contribution in [0.2, 0.25) is 0 Å². The molecule has 86 valence electrons. The molecule has 1 rings (SSSR count). The molecule has 1 aromatic heterocycles. The standard InChI is InChI=1S/C12H20BrNO/c1-4-9(3)8-11(14-5-2)12-10(13)6-7-15-12/h6-7,9,11,14H,4-5,8H2,1-3H3. The number of furan rings is 1. The van der Waals surface area contributed by atoms with Crippen LogP contribution in [-0.2, 0) is 0 Å². The summed E-state index contributed by atoms with van der Waals surface area (Å²) >= 11 is 3.51. The Labute approximate surface area is 101 Å². The third kappa shape index (κ3) is 3.65. The van der Waals surface area contributed by atoms with E-state index in [2.05, 4.69) is 42.0 Å². The summed E-state index contributed by atoms with van der Waals surface area (Å²) < 4.78 is 6.58. The molecule has 0 saturated heterocycles. The van der Waals surface area contributed by atoms with Crippen molar-refractivity contribution >= 4 is 15.9 Å². The highest BCUT2D eigenvalue weighted by Crippen LogP contribution is 2.29. The Morgan fingerprint density at radius 2 is 2.20 bits per heavy atom. The van der Waals surface area contributed by atoms with Gasteiger partial charge in [-0.3, -0.25) is 0 Å². The molecule has 1 aromatic rings. The minimum Gasteiger partial charge on any atom is -0.466 e. The molecule has 0 aliphatic carbocycles. The second-order valence-corrected chi connectivity index (χ2v) is 4.85. The molecule has 0 aromatic carbocycles. The smallest absolute Gasteiger partial charge is 0.134 e. The van der Waals surface area contributed by atoms with Gasteiger partial charge in [-0.1, -0.05) is 27.2 Å². The number of nitrogens with one attached hydrogen (secondary N) is 1. The fraction of sp³-hybridized carbons (Fsp3) is 0.667. The molecular formula is C12H20BrNO. The second-order valence-electron chi connectivity index (χ2n) is 3.99. The van der Waals surface area contributed by atoms with Gasteiger partial charge in [0.05, 0.1) is 16.8 Å². The Kier molecular flexibility index (Phi) is 5.40. The van der Waals surface area contributed by atoms with Crippen LogP contribution < -0.4 is 5.32 Å². The maximum Gasteiger partial charge on any atom is 0.134 e. The van der Waals surface area contributed by atoms with Crippen molar-refractivity contribution in [2.75, 3.05) is 6.54 Å². The summed E-state index contributed by atoms with van der Waals surface area (Å²) in [6.07, 6.45) is 4.07. The van der Waals surface area contributed by atoms with Crippen molar-refractivity contribution in [1.82, 2.24) is 5.32 Å². The van der Waals surface area contributed by atoms with Crippen molar-refractivity contribution in [2.24, 2.45) is 5.92 Å². The molecule has 3 heteroatoms. The molecule has 0 spiro atoms. The largest absolute Gasteiger partial charge is 0.466 e. The molecule has 0 amide bonds. The van der Waals surface area contributed by atoms with Gasteiger partial charge in [0.15, 0.2) is 0 Å². The summed E-state index contributed by atoms with van der Waals surface area (Å²) in [7, 11) is 0. The summed E-state index contributed by atoms with van der Waals surface area (Å²) in [6, 6.07) is 2.28. The van der Waals surface area contributed by atoms with E-state index in [0.29, 0.717) is 12.0 Å². The van der Waals surface area contributed by atoms with Gasteiger partial charge in [0.1, 0.15) is 5.76 Å². The first-order chi connectivity index (χ1) is 7.19.